The number of carbonyl (C=O) groups is 1. The van der Waals surface area contributed by atoms with Crippen molar-refractivity contribution >= 4 is 40.4 Å². The Hall–Kier alpha value is -3.03. The molecule has 3 aromatic carbocycles. The van der Waals surface area contributed by atoms with Crippen LogP contribution >= 0.6 is 23.2 Å². The second-order valence-electron chi connectivity index (χ2n) is 10.8. The lowest BCUT2D eigenvalue weighted by molar-refractivity contribution is -0.0101. The van der Waals surface area contributed by atoms with Crippen molar-refractivity contribution in [2.75, 3.05) is 51.3 Å². The largest absolute Gasteiger partial charge is 0.465 e. The summed E-state index contributed by atoms with van der Waals surface area (Å²) in [5.41, 5.74) is 5.04. The summed E-state index contributed by atoms with van der Waals surface area (Å²) in [5.74, 6) is 0.444. The van der Waals surface area contributed by atoms with Gasteiger partial charge in [-0.3, -0.25) is 4.90 Å². The van der Waals surface area contributed by atoms with Crippen molar-refractivity contribution in [2.24, 2.45) is 0 Å². The number of ether oxygens (including phenoxy) is 3. The maximum atomic E-state index is 12.4. The van der Waals surface area contributed by atoms with Crippen LogP contribution in [0.15, 0.2) is 72.3 Å². The average molecular weight is 582 g/mol. The van der Waals surface area contributed by atoms with E-state index in [2.05, 4.69) is 35.8 Å². The SMILES string of the molecule is COC(=O)c1ccc(N2CCN(CC3=C(c4ccc(Cl)cc4)CC(C)(C)OC3)CC2)cc1Oc1ccccc1Cl. The molecule has 3 aromatic rings. The van der Waals surface area contributed by atoms with Crippen LogP contribution in [0, 0.1) is 0 Å². The van der Waals surface area contributed by atoms with Gasteiger partial charge < -0.3 is 19.1 Å². The highest BCUT2D eigenvalue weighted by molar-refractivity contribution is 6.32. The monoisotopic (exact) mass is 580 g/mol. The van der Waals surface area contributed by atoms with E-state index in [0.717, 1.165) is 49.9 Å². The van der Waals surface area contributed by atoms with Crippen LogP contribution in [0.1, 0.15) is 36.2 Å². The molecular formula is C32H34Cl2N2O4. The summed E-state index contributed by atoms with van der Waals surface area (Å²) in [6.45, 7) is 9.28. The lowest BCUT2D eigenvalue weighted by Crippen LogP contribution is -2.47. The molecule has 0 unspecified atom stereocenters. The van der Waals surface area contributed by atoms with E-state index < -0.39 is 5.97 Å². The van der Waals surface area contributed by atoms with Gasteiger partial charge in [-0.25, -0.2) is 4.79 Å². The van der Waals surface area contributed by atoms with Gasteiger partial charge >= 0.3 is 5.97 Å². The minimum Gasteiger partial charge on any atom is -0.465 e. The Labute approximate surface area is 246 Å². The third kappa shape index (κ3) is 6.64. The van der Waals surface area contributed by atoms with Crippen molar-refractivity contribution in [3.63, 3.8) is 0 Å². The number of para-hydroxylation sites is 1. The Kier molecular flexibility index (Phi) is 8.71. The van der Waals surface area contributed by atoms with Gasteiger partial charge in [-0.2, -0.15) is 0 Å². The van der Waals surface area contributed by atoms with Crippen LogP contribution in [-0.2, 0) is 9.47 Å². The third-order valence-corrected chi connectivity index (χ3v) is 8.00. The van der Waals surface area contributed by atoms with E-state index in [9.17, 15) is 4.79 Å². The van der Waals surface area contributed by atoms with Crippen LogP contribution in [0.3, 0.4) is 0 Å². The highest BCUT2D eigenvalue weighted by atomic mass is 35.5. The van der Waals surface area contributed by atoms with E-state index in [4.69, 9.17) is 37.4 Å². The summed E-state index contributed by atoms with van der Waals surface area (Å²) in [7, 11) is 1.36. The first-order valence-electron chi connectivity index (χ1n) is 13.5. The van der Waals surface area contributed by atoms with Crippen molar-refractivity contribution in [2.45, 2.75) is 25.9 Å². The topological polar surface area (TPSA) is 51.2 Å². The molecule has 0 N–H and O–H groups in total. The number of esters is 1. The first-order valence-corrected chi connectivity index (χ1v) is 14.2. The standard InChI is InChI=1S/C32H34Cl2N2O4/c1-32(2)19-27(22-8-10-24(33)11-9-22)23(21-39-32)20-35-14-16-36(17-15-35)25-12-13-26(31(37)38-3)30(18-25)40-29-7-5-4-6-28(29)34/h4-13,18H,14-17,19-21H2,1-3H3. The quantitative estimate of drug-likeness (QED) is 0.272. The number of nitrogens with zero attached hydrogens (tertiary/aromatic N) is 2. The highest BCUT2D eigenvalue weighted by Crippen LogP contribution is 2.37. The van der Waals surface area contributed by atoms with E-state index in [-0.39, 0.29) is 5.60 Å². The fraction of sp³-hybridized carbons (Fsp3) is 0.344. The van der Waals surface area contributed by atoms with Crippen LogP contribution in [0.25, 0.3) is 5.57 Å². The number of rotatable bonds is 7. The Balaban J connectivity index is 1.31. The normalized spacial score (nSPS) is 17.6. The molecular weight excluding hydrogens is 547 g/mol. The van der Waals surface area contributed by atoms with E-state index in [0.29, 0.717) is 28.7 Å². The molecule has 0 atom stereocenters. The van der Waals surface area contributed by atoms with Gasteiger partial charge in [0.2, 0.25) is 0 Å². The summed E-state index contributed by atoms with van der Waals surface area (Å²) < 4.78 is 17.3. The molecule has 2 aliphatic rings. The molecule has 1 saturated heterocycles. The average Bonchev–Trinajstić information content (AvgIpc) is 2.95. The van der Waals surface area contributed by atoms with Gasteiger partial charge in [-0.15, -0.1) is 0 Å². The van der Waals surface area contributed by atoms with Gasteiger partial charge in [0.1, 0.15) is 17.1 Å². The molecule has 8 heteroatoms. The Morgan fingerprint density at radius 2 is 1.68 bits per heavy atom. The van der Waals surface area contributed by atoms with Crippen molar-refractivity contribution in [3.05, 3.63) is 93.5 Å². The zero-order valence-corrected chi connectivity index (χ0v) is 24.6. The van der Waals surface area contributed by atoms with Crippen molar-refractivity contribution in [1.29, 1.82) is 0 Å². The first kappa shape index (κ1) is 28.5. The van der Waals surface area contributed by atoms with Gasteiger partial charge in [-0.1, -0.05) is 47.5 Å². The summed E-state index contributed by atoms with van der Waals surface area (Å²) >= 11 is 12.5. The van der Waals surface area contributed by atoms with Crippen LogP contribution in [0.5, 0.6) is 11.5 Å². The Morgan fingerprint density at radius 3 is 2.38 bits per heavy atom. The second-order valence-corrected chi connectivity index (χ2v) is 11.6. The Morgan fingerprint density at radius 1 is 0.950 bits per heavy atom. The van der Waals surface area contributed by atoms with E-state index in [1.165, 1.54) is 23.8 Å². The molecule has 5 rings (SSSR count). The van der Waals surface area contributed by atoms with Gasteiger partial charge in [0, 0.05) is 55.9 Å². The number of anilines is 1. The number of piperazine rings is 1. The fourth-order valence-electron chi connectivity index (χ4n) is 5.22. The molecule has 2 aliphatic heterocycles. The lowest BCUT2D eigenvalue weighted by atomic mass is 9.87. The van der Waals surface area contributed by atoms with Crippen molar-refractivity contribution in [1.82, 2.24) is 4.90 Å². The molecule has 0 bridgehead atoms. The minimum atomic E-state index is -0.457. The van der Waals surface area contributed by atoms with E-state index >= 15 is 0 Å². The molecule has 0 aromatic heterocycles. The first-order chi connectivity index (χ1) is 19.2. The summed E-state index contributed by atoms with van der Waals surface area (Å²) in [6, 6.07) is 20.9. The molecule has 0 radical (unpaired) electrons. The predicted octanol–water partition coefficient (Wildman–Crippen LogP) is 7.35. The number of hydrogen-bond acceptors (Lipinski definition) is 6. The molecule has 0 amide bonds. The van der Waals surface area contributed by atoms with Crippen LogP contribution < -0.4 is 9.64 Å². The van der Waals surface area contributed by atoms with Crippen molar-refractivity contribution in [3.8, 4) is 11.5 Å². The van der Waals surface area contributed by atoms with E-state index in [1.807, 2.05) is 36.4 Å². The Bertz CT molecular complexity index is 1400. The van der Waals surface area contributed by atoms with E-state index in [1.54, 1.807) is 18.2 Å². The minimum absolute atomic E-state index is 0.197. The smallest absolute Gasteiger partial charge is 0.341 e. The number of carbonyl (C=O) groups excluding carboxylic acids is 1. The highest BCUT2D eigenvalue weighted by Gasteiger charge is 2.30. The predicted molar refractivity (Wildman–Crippen MR) is 161 cm³/mol. The summed E-state index contributed by atoms with van der Waals surface area (Å²) in [5, 5.41) is 1.22. The maximum Gasteiger partial charge on any atom is 0.341 e. The van der Waals surface area contributed by atoms with Crippen molar-refractivity contribution < 1.29 is 19.0 Å². The van der Waals surface area contributed by atoms with Gasteiger partial charge in [-0.05, 0) is 67.0 Å². The zero-order chi connectivity index (χ0) is 28.3. The lowest BCUT2D eigenvalue weighted by Gasteiger charge is -2.39. The van der Waals surface area contributed by atoms with Gasteiger partial charge in [0.15, 0.2) is 0 Å². The molecule has 6 nitrogen and oxygen atoms in total. The number of hydrogen-bond donors (Lipinski definition) is 0. The molecule has 0 spiro atoms. The molecule has 2 heterocycles. The summed E-state index contributed by atoms with van der Waals surface area (Å²) in [6.07, 6.45) is 0.866. The number of halogens is 2. The molecule has 0 aliphatic carbocycles. The molecule has 1 fully saturated rings. The maximum absolute atomic E-state index is 12.4. The number of benzene rings is 3. The fourth-order valence-corrected chi connectivity index (χ4v) is 5.52. The van der Waals surface area contributed by atoms with Crippen LogP contribution in [0.4, 0.5) is 5.69 Å². The van der Waals surface area contributed by atoms with Gasteiger partial charge in [0.25, 0.3) is 0 Å². The molecule has 210 valence electrons. The molecule has 0 saturated carbocycles. The second kappa shape index (κ2) is 12.2. The summed E-state index contributed by atoms with van der Waals surface area (Å²) in [4.78, 5) is 17.2. The molecule has 40 heavy (non-hydrogen) atoms. The van der Waals surface area contributed by atoms with Gasteiger partial charge in [0.05, 0.1) is 24.3 Å². The third-order valence-electron chi connectivity index (χ3n) is 7.44. The number of methoxy groups -OCH3 is 1. The van der Waals surface area contributed by atoms with Crippen LogP contribution in [-0.4, -0.2) is 62.9 Å². The zero-order valence-electron chi connectivity index (χ0n) is 23.1. The van der Waals surface area contributed by atoms with Crippen LogP contribution in [0.2, 0.25) is 10.0 Å².